The van der Waals surface area contributed by atoms with Gasteiger partial charge in [-0.05, 0) is 0 Å². The van der Waals surface area contributed by atoms with Crippen molar-refractivity contribution >= 4 is 6.47 Å². The molecule has 0 fully saturated rings. The van der Waals surface area contributed by atoms with Gasteiger partial charge in [0.2, 0.25) is 0 Å². The van der Waals surface area contributed by atoms with Gasteiger partial charge in [-0.15, -0.1) is 12.1 Å². The Kier molecular flexibility index (Phi) is 25.1. The quantitative estimate of drug-likeness (QED) is 0.337. The number of aliphatic hydroxyl groups excluding tert-OH is 1. The number of hydrogen-bond donors (Lipinski definition) is 1. The fraction of sp³-hybridized carbons (Fsp3) is 0.200. The first-order valence-electron chi connectivity index (χ1n) is 3.59. The Bertz CT molecular complexity index is 190. The van der Waals surface area contributed by atoms with Gasteiger partial charge in [0.25, 0.3) is 6.47 Å². The third kappa shape index (κ3) is 17.6. The molecule has 0 spiro atoms. The van der Waals surface area contributed by atoms with E-state index in [0.29, 0.717) is 6.47 Å². The van der Waals surface area contributed by atoms with Gasteiger partial charge in [-0.2, -0.15) is 24.6 Å². The number of hydrogen-bond acceptors (Lipinski definition) is 3. The maximum atomic E-state index is 8.95. The molecule has 0 aliphatic heterocycles. The van der Waals surface area contributed by atoms with Gasteiger partial charge in [0, 0.05) is 7.11 Å². The number of benzene rings is 1. The first-order valence-corrected chi connectivity index (χ1v) is 3.59. The summed E-state index contributed by atoms with van der Waals surface area (Å²) < 4.78 is 3.86. The SMILES string of the molecule is CO.COC=O.[CH2-]c1ccccc1.[Na+]. The van der Waals surface area contributed by atoms with E-state index in [1.165, 1.54) is 7.11 Å². The molecule has 0 saturated heterocycles. The van der Waals surface area contributed by atoms with Crippen molar-refractivity contribution in [3.8, 4) is 0 Å². The van der Waals surface area contributed by atoms with Gasteiger partial charge in [0.15, 0.2) is 0 Å². The molecule has 0 radical (unpaired) electrons. The minimum absolute atomic E-state index is 0. The Morgan fingerprint density at radius 2 is 1.64 bits per heavy atom. The molecule has 14 heavy (non-hydrogen) atoms. The van der Waals surface area contributed by atoms with Crippen molar-refractivity contribution in [2.75, 3.05) is 14.2 Å². The molecule has 0 saturated carbocycles. The van der Waals surface area contributed by atoms with Crippen LogP contribution in [0.15, 0.2) is 30.3 Å². The minimum atomic E-state index is 0. The number of carbonyl (C=O) groups excluding carboxylic acids is 1. The van der Waals surface area contributed by atoms with Crippen LogP contribution in [0.3, 0.4) is 0 Å². The zero-order valence-electron chi connectivity index (χ0n) is 8.93. The molecule has 0 unspecified atom stereocenters. The summed E-state index contributed by atoms with van der Waals surface area (Å²) in [6, 6.07) is 9.87. The number of rotatable bonds is 1. The van der Waals surface area contributed by atoms with Crippen LogP contribution in [0.2, 0.25) is 0 Å². The van der Waals surface area contributed by atoms with Crippen LogP contribution in [0.25, 0.3) is 0 Å². The van der Waals surface area contributed by atoms with E-state index in [1.807, 2.05) is 30.3 Å². The summed E-state index contributed by atoms with van der Waals surface area (Å²) in [7, 11) is 2.31. The summed E-state index contributed by atoms with van der Waals surface area (Å²) >= 11 is 0. The zero-order valence-corrected chi connectivity index (χ0v) is 10.9. The maximum absolute atomic E-state index is 8.95. The smallest absolute Gasteiger partial charge is 0.471 e. The van der Waals surface area contributed by atoms with E-state index < -0.39 is 0 Å². The van der Waals surface area contributed by atoms with Gasteiger partial charge < -0.3 is 9.84 Å². The number of methoxy groups -OCH3 is 1. The summed E-state index contributed by atoms with van der Waals surface area (Å²) in [5.74, 6) is 0. The van der Waals surface area contributed by atoms with Crippen LogP contribution in [0.4, 0.5) is 0 Å². The minimum Gasteiger partial charge on any atom is -0.471 e. The van der Waals surface area contributed by atoms with Crippen LogP contribution in [-0.2, 0) is 9.53 Å². The van der Waals surface area contributed by atoms with Gasteiger partial charge >= 0.3 is 29.6 Å². The van der Waals surface area contributed by atoms with E-state index in [2.05, 4.69) is 11.7 Å². The Labute approximate surface area is 107 Å². The Morgan fingerprint density at radius 1 is 1.29 bits per heavy atom. The van der Waals surface area contributed by atoms with E-state index in [1.54, 1.807) is 0 Å². The first-order chi connectivity index (χ1) is 6.31. The van der Waals surface area contributed by atoms with E-state index in [-0.39, 0.29) is 29.6 Å². The average molecular weight is 206 g/mol. The molecule has 4 heteroatoms. The van der Waals surface area contributed by atoms with Gasteiger partial charge in [-0.1, -0.05) is 6.07 Å². The number of ether oxygens (including phenoxy) is 1. The van der Waals surface area contributed by atoms with Gasteiger partial charge in [-0.25, -0.2) is 0 Å². The van der Waals surface area contributed by atoms with E-state index in [9.17, 15) is 0 Å². The predicted octanol–water partition coefficient (Wildman–Crippen LogP) is -1.73. The second-order valence-corrected chi connectivity index (χ2v) is 1.82. The summed E-state index contributed by atoms with van der Waals surface area (Å²) in [5, 5.41) is 7.00. The molecule has 1 aromatic rings. The summed E-state index contributed by atoms with van der Waals surface area (Å²) in [5.41, 5.74) is 1.07. The number of aliphatic hydroxyl groups is 1. The van der Waals surface area contributed by atoms with Crippen LogP contribution >= 0.6 is 0 Å². The molecule has 1 N–H and O–H groups in total. The molecule has 3 nitrogen and oxygen atoms in total. The molecular weight excluding hydrogens is 191 g/mol. The van der Waals surface area contributed by atoms with Crippen molar-refractivity contribution in [3.63, 3.8) is 0 Å². The first kappa shape index (κ1) is 19.1. The van der Waals surface area contributed by atoms with Crippen molar-refractivity contribution in [1.29, 1.82) is 0 Å². The third-order valence-electron chi connectivity index (χ3n) is 0.939. The number of carbonyl (C=O) groups is 1. The van der Waals surface area contributed by atoms with Gasteiger partial charge in [-0.3, -0.25) is 4.79 Å². The molecule has 0 aliphatic rings. The summed E-state index contributed by atoms with van der Waals surface area (Å²) in [6.45, 7) is 4.10. The van der Waals surface area contributed by atoms with E-state index >= 15 is 0 Å². The topological polar surface area (TPSA) is 46.5 Å². The molecule has 1 aromatic carbocycles. The normalized spacial score (nSPS) is 6.21. The third-order valence-corrected chi connectivity index (χ3v) is 0.939. The second kappa shape index (κ2) is 18.3. The zero-order chi connectivity index (χ0) is 10.5. The summed E-state index contributed by atoms with van der Waals surface area (Å²) in [6.07, 6.45) is 0. The van der Waals surface area contributed by atoms with E-state index in [0.717, 1.165) is 12.7 Å². The van der Waals surface area contributed by atoms with Crippen molar-refractivity contribution < 1.29 is 44.2 Å². The monoisotopic (exact) mass is 206 g/mol. The molecule has 0 heterocycles. The van der Waals surface area contributed by atoms with Gasteiger partial charge in [0.05, 0.1) is 7.11 Å². The summed E-state index contributed by atoms with van der Waals surface area (Å²) in [4.78, 5) is 8.95. The molecule has 0 aliphatic carbocycles. The molecular formula is C10H15NaO3. The average Bonchev–Trinajstić information content (AvgIpc) is 2.22. The molecule has 0 bridgehead atoms. The standard InChI is InChI=1S/C7H7.C2H4O2.CH4O.Na/c1-7-5-3-2-4-6-7;1-4-2-3;1-2;/h2-6H,1H2;2H,1H3;2H,1H3;/q-1;;;+1. The molecule has 1 rings (SSSR count). The Balaban J connectivity index is -0.000000152. The maximum Gasteiger partial charge on any atom is 1.00 e. The fourth-order valence-corrected chi connectivity index (χ4v) is 0.478. The predicted molar refractivity (Wildman–Crippen MR) is 52.1 cm³/mol. The van der Waals surface area contributed by atoms with Crippen LogP contribution < -0.4 is 29.6 Å². The van der Waals surface area contributed by atoms with Crippen molar-refractivity contribution in [2.45, 2.75) is 0 Å². The van der Waals surface area contributed by atoms with Crippen LogP contribution in [0, 0.1) is 6.92 Å². The molecule has 0 amide bonds. The van der Waals surface area contributed by atoms with Crippen molar-refractivity contribution in [2.24, 2.45) is 0 Å². The van der Waals surface area contributed by atoms with Crippen molar-refractivity contribution in [3.05, 3.63) is 42.8 Å². The van der Waals surface area contributed by atoms with Crippen molar-refractivity contribution in [1.82, 2.24) is 0 Å². The Hall–Kier alpha value is -0.480. The van der Waals surface area contributed by atoms with Crippen LogP contribution in [0.1, 0.15) is 5.56 Å². The molecule has 0 atom stereocenters. The Morgan fingerprint density at radius 3 is 1.79 bits per heavy atom. The second-order valence-electron chi connectivity index (χ2n) is 1.82. The fourth-order valence-electron chi connectivity index (χ4n) is 0.478. The van der Waals surface area contributed by atoms with Gasteiger partial charge in [0.1, 0.15) is 0 Å². The molecule has 0 aromatic heterocycles. The van der Waals surface area contributed by atoms with Crippen LogP contribution in [-0.4, -0.2) is 25.8 Å². The molecule has 74 valence electrons. The largest absolute Gasteiger partial charge is 1.00 e. The van der Waals surface area contributed by atoms with E-state index in [4.69, 9.17) is 9.90 Å². The van der Waals surface area contributed by atoms with Crippen LogP contribution in [0.5, 0.6) is 0 Å².